The molecule has 8 nitrogen and oxygen atoms in total. The third-order valence-electron chi connectivity index (χ3n) is 2.95. The summed E-state index contributed by atoms with van der Waals surface area (Å²) in [6, 6.07) is 2.87. The van der Waals surface area contributed by atoms with Gasteiger partial charge in [-0.05, 0) is 6.07 Å². The van der Waals surface area contributed by atoms with Crippen molar-refractivity contribution in [1.82, 2.24) is 9.55 Å². The summed E-state index contributed by atoms with van der Waals surface area (Å²) >= 11 is 0. The SMILES string of the molecule is COc1cc(CN)c([N+](=O)[O-])cc1OCCn1ccnc1. The van der Waals surface area contributed by atoms with Crippen molar-refractivity contribution in [2.75, 3.05) is 13.7 Å². The van der Waals surface area contributed by atoms with Gasteiger partial charge < -0.3 is 19.8 Å². The highest BCUT2D eigenvalue weighted by atomic mass is 16.6. The Morgan fingerprint density at radius 3 is 2.81 bits per heavy atom. The van der Waals surface area contributed by atoms with Crippen LogP contribution in [0.3, 0.4) is 0 Å². The first-order chi connectivity index (χ1) is 10.2. The molecule has 0 unspecified atom stereocenters. The lowest BCUT2D eigenvalue weighted by molar-refractivity contribution is -0.385. The van der Waals surface area contributed by atoms with Crippen molar-refractivity contribution in [1.29, 1.82) is 0 Å². The monoisotopic (exact) mass is 292 g/mol. The van der Waals surface area contributed by atoms with E-state index in [9.17, 15) is 10.1 Å². The van der Waals surface area contributed by atoms with Crippen molar-refractivity contribution in [3.05, 3.63) is 46.5 Å². The Hall–Kier alpha value is -2.61. The molecule has 2 aromatic rings. The van der Waals surface area contributed by atoms with Crippen LogP contribution < -0.4 is 15.2 Å². The molecule has 0 saturated carbocycles. The summed E-state index contributed by atoms with van der Waals surface area (Å²) in [5.74, 6) is 0.744. The predicted molar refractivity (Wildman–Crippen MR) is 75.3 cm³/mol. The Balaban J connectivity index is 2.16. The number of benzene rings is 1. The van der Waals surface area contributed by atoms with Gasteiger partial charge in [-0.3, -0.25) is 10.1 Å². The molecule has 0 fully saturated rings. The third kappa shape index (κ3) is 3.48. The Bertz CT molecular complexity index is 613. The molecule has 112 valence electrons. The number of aromatic nitrogens is 2. The number of hydrogen-bond acceptors (Lipinski definition) is 6. The molecule has 0 bridgehead atoms. The summed E-state index contributed by atoms with van der Waals surface area (Å²) in [6.45, 7) is 0.976. The average Bonchev–Trinajstić information content (AvgIpc) is 2.99. The Labute approximate surface area is 121 Å². The first kappa shape index (κ1) is 14.8. The van der Waals surface area contributed by atoms with Gasteiger partial charge in [-0.2, -0.15) is 0 Å². The van der Waals surface area contributed by atoms with Gasteiger partial charge in [0.1, 0.15) is 6.61 Å². The quantitative estimate of drug-likeness (QED) is 0.609. The number of rotatable bonds is 7. The van der Waals surface area contributed by atoms with E-state index in [4.69, 9.17) is 15.2 Å². The van der Waals surface area contributed by atoms with Crippen LogP contribution in [0.2, 0.25) is 0 Å². The Morgan fingerprint density at radius 1 is 1.43 bits per heavy atom. The molecule has 0 spiro atoms. The van der Waals surface area contributed by atoms with Gasteiger partial charge in [0.25, 0.3) is 5.69 Å². The summed E-state index contributed by atoms with van der Waals surface area (Å²) in [5, 5.41) is 11.0. The largest absolute Gasteiger partial charge is 0.493 e. The van der Waals surface area contributed by atoms with E-state index in [1.165, 1.54) is 19.2 Å². The van der Waals surface area contributed by atoms with Gasteiger partial charge in [-0.1, -0.05) is 0 Å². The summed E-state index contributed by atoms with van der Waals surface area (Å²) in [6.07, 6.45) is 5.14. The number of nitrogens with zero attached hydrogens (tertiary/aromatic N) is 3. The Kier molecular flexibility index (Phi) is 4.72. The third-order valence-corrected chi connectivity index (χ3v) is 2.95. The molecule has 1 heterocycles. The number of nitrogens with two attached hydrogens (primary N) is 1. The topological polar surface area (TPSA) is 105 Å². The molecule has 1 aromatic heterocycles. The van der Waals surface area contributed by atoms with E-state index in [1.807, 2.05) is 4.57 Å². The lowest BCUT2D eigenvalue weighted by Crippen LogP contribution is -2.09. The second-order valence-electron chi connectivity index (χ2n) is 4.24. The smallest absolute Gasteiger partial charge is 0.277 e. The minimum absolute atomic E-state index is 0.0575. The number of nitro benzene ring substituents is 1. The maximum absolute atomic E-state index is 11.0. The van der Waals surface area contributed by atoms with Crippen LogP contribution in [0.25, 0.3) is 0 Å². The van der Waals surface area contributed by atoms with Gasteiger partial charge in [0.2, 0.25) is 0 Å². The van der Waals surface area contributed by atoms with Crippen LogP contribution in [0.4, 0.5) is 5.69 Å². The Morgan fingerprint density at radius 2 is 2.24 bits per heavy atom. The first-order valence-electron chi connectivity index (χ1n) is 6.29. The first-order valence-corrected chi connectivity index (χ1v) is 6.29. The fourth-order valence-corrected chi connectivity index (χ4v) is 1.88. The molecular weight excluding hydrogens is 276 g/mol. The zero-order valence-corrected chi connectivity index (χ0v) is 11.6. The van der Waals surface area contributed by atoms with Crippen LogP contribution >= 0.6 is 0 Å². The van der Waals surface area contributed by atoms with E-state index >= 15 is 0 Å². The van der Waals surface area contributed by atoms with Gasteiger partial charge >= 0.3 is 0 Å². The number of ether oxygens (including phenoxy) is 2. The fourth-order valence-electron chi connectivity index (χ4n) is 1.88. The summed E-state index contributed by atoms with van der Waals surface area (Å²) in [4.78, 5) is 14.5. The molecule has 1 aromatic carbocycles. The lowest BCUT2D eigenvalue weighted by Gasteiger charge is -2.12. The van der Waals surface area contributed by atoms with E-state index < -0.39 is 4.92 Å². The molecule has 21 heavy (non-hydrogen) atoms. The molecule has 0 aliphatic carbocycles. The maximum atomic E-state index is 11.0. The molecule has 0 saturated heterocycles. The van der Waals surface area contributed by atoms with Crippen LogP contribution in [-0.2, 0) is 13.1 Å². The van der Waals surface area contributed by atoms with Crippen LogP contribution in [0.5, 0.6) is 11.5 Å². The second kappa shape index (κ2) is 6.71. The second-order valence-corrected chi connectivity index (χ2v) is 4.24. The van der Waals surface area contributed by atoms with E-state index in [0.717, 1.165) is 0 Å². The minimum atomic E-state index is -0.482. The van der Waals surface area contributed by atoms with Gasteiger partial charge in [0.05, 0.1) is 31.0 Å². The lowest BCUT2D eigenvalue weighted by atomic mass is 10.1. The zero-order chi connectivity index (χ0) is 15.2. The number of imidazole rings is 1. The van der Waals surface area contributed by atoms with E-state index in [2.05, 4.69) is 4.98 Å². The van der Waals surface area contributed by atoms with Gasteiger partial charge in [-0.25, -0.2) is 4.98 Å². The van der Waals surface area contributed by atoms with Crippen LogP contribution in [0.1, 0.15) is 5.56 Å². The summed E-state index contributed by atoms with van der Waals surface area (Å²) < 4.78 is 12.6. The molecule has 0 atom stereocenters. The number of methoxy groups -OCH3 is 1. The van der Waals surface area contributed by atoms with E-state index in [1.54, 1.807) is 18.7 Å². The molecule has 2 rings (SSSR count). The number of nitro groups is 1. The molecule has 0 aliphatic rings. The molecule has 8 heteroatoms. The van der Waals surface area contributed by atoms with Crippen molar-refractivity contribution in [2.45, 2.75) is 13.1 Å². The van der Waals surface area contributed by atoms with Crippen LogP contribution in [-0.4, -0.2) is 28.2 Å². The summed E-state index contributed by atoms with van der Waals surface area (Å²) in [7, 11) is 1.48. The predicted octanol–water partition coefficient (Wildman–Crippen LogP) is 1.34. The van der Waals surface area contributed by atoms with Crippen LogP contribution in [0, 0.1) is 10.1 Å². The van der Waals surface area contributed by atoms with Crippen molar-refractivity contribution < 1.29 is 14.4 Å². The average molecular weight is 292 g/mol. The normalized spacial score (nSPS) is 10.4. The van der Waals surface area contributed by atoms with Crippen molar-refractivity contribution in [3.8, 4) is 11.5 Å². The molecule has 0 aliphatic heterocycles. The van der Waals surface area contributed by atoms with Crippen molar-refractivity contribution >= 4 is 5.69 Å². The standard InChI is InChI=1S/C13H16N4O4/c1-20-12-6-10(8-14)11(17(18)19)7-13(12)21-5-4-16-3-2-15-9-16/h2-3,6-7,9H,4-5,8,14H2,1H3. The molecule has 2 N–H and O–H groups in total. The highest BCUT2D eigenvalue weighted by Gasteiger charge is 2.18. The highest BCUT2D eigenvalue weighted by molar-refractivity contribution is 5.54. The maximum Gasteiger partial charge on any atom is 0.277 e. The van der Waals surface area contributed by atoms with E-state index in [0.29, 0.717) is 30.2 Å². The molecular formula is C13H16N4O4. The minimum Gasteiger partial charge on any atom is -0.493 e. The van der Waals surface area contributed by atoms with Gasteiger partial charge in [0.15, 0.2) is 11.5 Å². The van der Waals surface area contributed by atoms with Crippen molar-refractivity contribution in [3.63, 3.8) is 0 Å². The van der Waals surface area contributed by atoms with Gasteiger partial charge in [-0.15, -0.1) is 0 Å². The number of hydrogen-bond donors (Lipinski definition) is 1. The molecule has 0 radical (unpaired) electrons. The zero-order valence-electron chi connectivity index (χ0n) is 11.6. The van der Waals surface area contributed by atoms with Crippen LogP contribution in [0.15, 0.2) is 30.9 Å². The summed E-state index contributed by atoms with van der Waals surface area (Å²) in [5.41, 5.74) is 5.84. The molecule has 0 amide bonds. The van der Waals surface area contributed by atoms with Crippen molar-refractivity contribution in [2.24, 2.45) is 5.73 Å². The van der Waals surface area contributed by atoms with E-state index in [-0.39, 0.29) is 12.2 Å². The van der Waals surface area contributed by atoms with Gasteiger partial charge in [0, 0.05) is 24.5 Å². The fraction of sp³-hybridized carbons (Fsp3) is 0.308. The highest BCUT2D eigenvalue weighted by Crippen LogP contribution is 2.34.